The van der Waals surface area contributed by atoms with Gasteiger partial charge in [0, 0.05) is 13.1 Å². The molecule has 1 atom stereocenters. The predicted octanol–water partition coefficient (Wildman–Crippen LogP) is 2.46. The number of rotatable bonds is 5. The van der Waals surface area contributed by atoms with Gasteiger partial charge >= 0.3 is 0 Å². The molecule has 1 heterocycles. The first-order chi connectivity index (χ1) is 12.0. The molecule has 1 amide bonds. The van der Waals surface area contributed by atoms with Crippen LogP contribution in [0.1, 0.15) is 24.0 Å². The highest BCUT2D eigenvalue weighted by Crippen LogP contribution is 2.27. The van der Waals surface area contributed by atoms with E-state index in [1.807, 2.05) is 36.4 Å². The molecule has 1 fully saturated rings. The quantitative estimate of drug-likeness (QED) is 0.893. The van der Waals surface area contributed by atoms with Gasteiger partial charge in [-0.2, -0.15) is 4.31 Å². The molecule has 0 unspecified atom stereocenters. The van der Waals surface area contributed by atoms with Crippen molar-refractivity contribution in [2.45, 2.75) is 37.2 Å². The molecule has 0 radical (unpaired) electrons. The van der Waals surface area contributed by atoms with E-state index >= 15 is 0 Å². The molecule has 1 saturated heterocycles. The van der Waals surface area contributed by atoms with Crippen LogP contribution < -0.4 is 5.32 Å². The number of sulfonamides is 1. The van der Waals surface area contributed by atoms with Crippen LogP contribution >= 0.6 is 0 Å². The first kappa shape index (κ1) is 17.6. The fourth-order valence-electron chi connectivity index (χ4n) is 3.16. The van der Waals surface area contributed by atoms with Gasteiger partial charge in [0.2, 0.25) is 15.9 Å². The van der Waals surface area contributed by atoms with Crippen LogP contribution in [0.25, 0.3) is 0 Å². The zero-order valence-corrected chi connectivity index (χ0v) is 15.0. The van der Waals surface area contributed by atoms with Gasteiger partial charge in [-0.1, -0.05) is 48.5 Å². The number of aryl methyl sites for hydroxylation is 1. The second-order valence-electron chi connectivity index (χ2n) is 6.24. The SMILES string of the molecule is Cc1ccccc1S(=O)(=O)N1CCC[C@@H]1C(=O)NCc1ccccc1. The Balaban J connectivity index is 1.76. The van der Waals surface area contributed by atoms with Crippen molar-refractivity contribution < 1.29 is 13.2 Å². The zero-order chi connectivity index (χ0) is 17.9. The van der Waals surface area contributed by atoms with Gasteiger partial charge in [-0.15, -0.1) is 0 Å². The van der Waals surface area contributed by atoms with Crippen LogP contribution in [0.5, 0.6) is 0 Å². The number of nitrogens with zero attached hydrogens (tertiary/aromatic N) is 1. The van der Waals surface area contributed by atoms with E-state index in [0.717, 1.165) is 5.56 Å². The van der Waals surface area contributed by atoms with E-state index < -0.39 is 16.1 Å². The van der Waals surface area contributed by atoms with E-state index in [1.54, 1.807) is 25.1 Å². The molecule has 3 rings (SSSR count). The van der Waals surface area contributed by atoms with Gasteiger partial charge < -0.3 is 5.32 Å². The average Bonchev–Trinajstić information content (AvgIpc) is 3.11. The molecule has 25 heavy (non-hydrogen) atoms. The van der Waals surface area contributed by atoms with Gasteiger partial charge in [-0.25, -0.2) is 8.42 Å². The number of carbonyl (C=O) groups excluding carboxylic acids is 1. The Morgan fingerprint density at radius 1 is 1.12 bits per heavy atom. The summed E-state index contributed by atoms with van der Waals surface area (Å²) < 4.78 is 27.3. The largest absolute Gasteiger partial charge is 0.351 e. The summed E-state index contributed by atoms with van der Waals surface area (Å²) in [5, 5.41) is 2.86. The summed E-state index contributed by atoms with van der Waals surface area (Å²) in [4.78, 5) is 12.9. The monoisotopic (exact) mass is 358 g/mol. The lowest BCUT2D eigenvalue weighted by Crippen LogP contribution is -2.45. The third-order valence-electron chi connectivity index (χ3n) is 4.50. The van der Waals surface area contributed by atoms with Gasteiger partial charge in [0.1, 0.15) is 6.04 Å². The lowest BCUT2D eigenvalue weighted by molar-refractivity contribution is -0.124. The summed E-state index contributed by atoms with van der Waals surface area (Å²) >= 11 is 0. The molecule has 6 heteroatoms. The topological polar surface area (TPSA) is 66.5 Å². The normalized spacial score (nSPS) is 18.2. The number of hydrogen-bond acceptors (Lipinski definition) is 3. The van der Waals surface area contributed by atoms with Gasteiger partial charge in [0.25, 0.3) is 0 Å². The highest BCUT2D eigenvalue weighted by Gasteiger charge is 2.39. The first-order valence-electron chi connectivity index (χ1n) is 8.39. The second-order valence-corrected chi connectivity index (χ2v) is 8.10. The van der Waals surface area contributed by atoms with Crippen molar-refractivity contribution in [2.75, 3.05) is 6.54 Å². The molecule has 0 spiro atoms. The summed E-state index contributed by atoms with van der Waals surface area (Å²) in [5.74, 6) is -0.237. The highest BCUT2D eigenvalue weighted by atomic mass is 32.2. The van der Waals surface area contributed by atoms with Gasteiger partial charge in [0.05, 0.1) is 4.90 Å². The molecular formula is C19H22N2O3S. The summed E-state index contributed by atoms with van der Waals surface area (Å²) in [6.45, 7) is 2.54. The second kappa shape index (κ2) is 7.37. The fraction of sp³-hybridized carbons (Fsp3) is 0.316. The van der Waals surface area contributed by atoms with Crippen LogP contribution in [0.15, 0.2) is 59.5 Å². The third-order valence-corrected chi connectivity index (χ3v) is 6.56. The van der Waals surface area contributed by atoms with Crippen molar-refractivity contribution in [2.24, 2.45) is 0 Å². The maximum Gasteiger partial charge on any atom is 0.244 e. The Morgan fingerprint density at radius 3 is 2.52 bits per heavy atom. The van der Waals surface area contributed by atoms with Crippen LogP contribution in [0.4, 0.5) is 0 Å². The van der Waals surface area contributed by atoms with Crippen LogP contribution in [0.3, 0.4) is 0 Å². The summed E-state index contributed by atoms with van der Waals surface area (Å²) in [5.41, 5.74) is 1.68. The standard InChI is InChI=1S/C19H22N2O3S/c1-15-8-5-6-12-18(15)25(23,24)21-13-7-11-17(21)19(22)20-14-16-9-3-2-4-10-16/h2-6,8-10,12,17H,7,11,13-14H2,1H3,(H,20,22)/t17-/m1/s1. The molecule has 2 aromatic rings. The summed E-state index contributed by atoms with van der Waals surface area (Å²) in [6.07, 6.45) is 1.24. The van der Waals surface area contributed by atoms with Gasteiger partial charge in [0.15, 0.2) is 0 Å². The number of benzene rings is 2. The Hall–Kier alpha value is -2.18. The number of carbonyl (C=O) groups is 1. The molecule has 0 bridgehead atoms. The molecule has 0 aliphatic carbocycles. The number of hydrogen-bond donors (Lipinski definition) is 1. The summed E-state index contributed by atoms with van der Waals surface area (Å²) in [6, 6.07) is 15.8. The van der Waals surface area contributed by atoms with E-state index in [4.69, 9.17) is 0 Å². The molecule has 2 aromatic carbocycles. The smallest absolute Gasteiger partial charge is 0.244 e. The zero-order valence-electron chi connectivity index (χ0n) is 14.2. The maximum absolute atomic E-state index is 13.0. The van der Waals surface area contributed by atoms with E-state index in [1.165, 1.54) is 4.31 Å². The highest BCUT2D eigenvalue weighted by molar-refractivity contribution is 7.89. The Morgan fingerprint density at radius 2 is 1.80 bits per heavy atom. The molecule has 1 aliphatic heterocycles. The minimum absolute atomic E-state index is 0.237. The van der Waals surface area contributed by atoms with E-state index in [2.05, 4.69) is 5.32 Å². The first-order valence-corrected chi connectivity index (χ1v) is 9.83. The van der Waals surface area contributed by atoms with Crippen molar-refractivity contribution in [3.05, 3.63) is 65.7 Å². The van der Waals surface area contributed by atoms with Crippen molar-refractivity contribution in [1.82, 2.24) is 9.62 Å². The van der Waals surface area contributed by atoms with Gasteiger partial charge in [-0.05, 0) is 37.0 Å². The molecule has 1 aliphatic rings. The summed E-state index contributed by atoms with van der Waals surface area (Å²) in [7, 11) is -3.67. The Labute approximate surface area is 148 Å². The molecule has 0 saturated carbocycles. The Kier molecular flexibility index (Phi) is 5.20. The molecule has 132 valence electrons. The van der Waals surface area contributed by atoms with Crippen LogP contribution in [0.2, 0.25) is 0 Å². The third kappa shape index (κ3) is 3.75. The predicted molar refractivity (Wildman–Crippen MR) is 96.4 cm³/mol. The van der Waals surface area contributed by atoms with Crippen LogP contribution in [-0.2, 0) is 21.4 Å². The number of amides is 1. The fourth-order valence-corrected chi connectivity index (χ4v) is 5.05. The van der Waals surface area contributed by atoms with Crippen molar-refractivity contribution in [1.29, 1.82) is 0 Å². The Bertz CT molecular complexity index is 850. The van der Waals surface area contributed by atoms with E-state index in [0.29, 0.717) is 31.5 Å². The van der Waals surface area contributed by atoms with E-state index in [9.17, 15) is 13.2 Å². The minimum Gasteiger partial charge on any atom is -0.351 e. The molecule has 0 aromatic heterocycles. The number of nitrogens with one attached hydrogen (secondary N) is 1. The average molecular weight is 358 g/mol. The lowest BCUT2D eigenvalue weighted by Gasteiger charge is -2.24. The van der Waals surface area contributed by atoms with Crippen molar-refractivity contribution in [3.63, 3.8) is 0 Å². The van der Waals surface area contributed by atoms with Crippen LogP contribution in [-0.4, -0.2) is 31.2 Å². The van der Waals surface area contributed by atoms with Crippen molar-refractivity contribution in [3.8, 4) is 0 Å². The van der Waals surface area contributed by atoms with Crippen LogP contribution in [0, 0.1) is 6.92 Å². The lowest BCUT2D eigenvalue weighted by atomic mass is 10.2. The maximum atomic E-state index is 13.0. The molecule has 5 nitrogen and oxygen atoms in total. The van der Waals surface area contributed by atoms with Crippen molar-refractivity contribution >= 4 is 15.9 Å². The molecular weight excluding hydrogens is 336 g/mol. The molecule has 1 N–H and O–H groups in total. The van der Waals surface area contributed by atoms with E-state index in [-0.39, 0.29) is 10.8 Å². The van der Waals surface area contributed by atoms with Gasteiger partial charge in [-0.3, -0.25) is 4.79 Å². The minimum atomic E-state index is -3.67.